The average Bonchev–Trinajstić information content (AvgIpc) is 3.78. The molecular formula is C42H55N7O9. The summed E-state index contributed by atoms with van der Waals surface area (Å²) in [5, 5.41) is 21.9. The highest BCUT2D eigenvalue weighted by Gasteiger charge is 2.49. The van der Waals surface area contributed by atoms with Crippen LogP contribution in [0.1, 0.15) is 69.6 Å². The Hall–Kier alpha value is -5.51. The maximum atomic E-state index is 14.8. The van der Waals surface area contributed by atoms with Gasteiger partial charge in [-0.1, -0.05) is 54.4 Å². The number of carbonyl (C=O) groups excluding carboxylic acids is 7. The van der Waals surface area contributed by atoms with E-state index in [2.05, 4.69) is 21.3 Å². The van der Waals surface area contributed by atoms with Crippen molar-refractivity contribution in [3.8, 4) is 0 Å². The largest absolute Gasteiger partial charge is 0.458 e. The number of rotatable bonds is 6. The van der Waals surface area contributed by atoms with Crippen molar-refractivity contribution in [3.05, 3.63) is 65.2 Å². The molecule has 58 heavy (non-hydrogen) atoms. The van der Waals surface area contributed by atoms with Crippen LogP contribution in [0.4, 0.5) is 10.5 Å². The van der Waals surface area contributed by atoms with Gasteiger partial charge in [0.1, 0.15) is 42.4 Å². The minimum absolute atomic E-state index is 0.0288. The molecule has 4 aliphatic rings. The molecule has 9 atom stereocenters. The minimum Gasteiger partial charge on any atom is -0.458 e. The Morgan fingerprint density at radius 2 is 1.57 bits per heavy atom. The topological polar surface area (TPSA) is 207 Å². The number of fused-ring (bicyclic) bond motifs is 3. The molecule has 0 unspecified atom stereocenters. The number of hydrogen-bond donors (Lipinski definition) is 5. The Kier molecular flexibility index (Phi) is 13.0. The Labute approximate surface area is 338 Å². The molecule has 4 heterocycles. The fourth-order valence-corrected chi connectivity index (χ4v) is 8.47. The summed E-state index contributed by atoms with van der Waals surface area (Å²) in [4.78, 5) is 102. The molecule has 16 heteroatoms. The van der Waals surface area contributed by atoms with E-state index in [0.29, 0.717) is 24.9 Å². The molecular weight excluding hydrogens is 747 g/mol. The monoisotopic (exact) mass is 801 g/mol. The molecule has 0 saturated carbocycles. The van der Waals surface area contributed by atoms with Gasteiger partial charge in [0.2, 0.25) is 29.5 Å². The Balaban J connectivity index is 1.34. The lowest BCUT2D eigenvalue weighted by Gasteiger charge is -2.39. The predicted octanol–water partition coefficient (Wildman–Crippen LogP) is 1.55. The van der Waals surface area contributed by atoms with Gasteiger partial charge in [-0.25, -0.2) is 9.59 Å². The van der Waals surface area contributed by atoms with Crippen LogP contribution in [-0.4, -0.2) is 129 Å². The average molecular weight is 802 g/mol. The molecule has 0 aliphatic carbocycles. The Bertz CT molecular complexity index is 1910. The highest BCUT2D eigenvalue weighted by atomic mass is 16.5. The smallest absolute Gasteiger partial charge is 0.329 e. The number of esters is 1. The zero-order valence-electron chi connectivity index (χ0n) is 33.7. The van der Waals surface area contributed by atoms with E-state index in [4.69, 9.17) is 4.74 Å². The molecule has 0 radical (unpaired) electrons. The van der Waals surface area contributed by atoms with Crippen molar-refractivity contribution in [2.24, 2.45) is 5.92 Å². The van der Waals surface area contributed by atoms with Crippen LogP contribution in [0.3, 0.4) is 0 Å². The number of benzene rings is 2. The molecule has 0 spiro atoms. The summed E-state index contributed by atoms with van der Waals surface area (Å²) in [6.07, 6.45) is -0.653. The van der Waals surface area contributed by atoms with Gasteiger partial charge in [0.15, 0.2) is 0 Å². The molecule has 2 aromatic rings. The second kappa shape index (κ2) is 18.0. The number of nitrogens with one attached hydrogen (secondary N) is 4. The number of amides is 7. The van der Waals surface area contributed by atoms with Crippen molar-refractivity contribution in [1.82, 2.24) is 30.7 Å². The molecule has 4 fully saturated rings. The highest BCUT2D eigenvalue weighted by Crippen LogP contribution is 2.29. The van der Waals surface area contributed by atoms with Gasteiger partial charge in [0.25, 0.3) is 0 Å². The summed E-state index contributed by atoms with van der Waals surface area (Å²) < 4.78 is 5.93. The minimum atomic E-state index is -1.59. The van der Waals surface area contributed by atoms with E-state index < -0.39 is 90.0 Å². The lowest BCUT2D eigenvalue weighted by Crippen LogP contribution is -2.63. The fourth-order valence-electron chi connectivity index (χ4n) is 8.47. The van der Waals surface area contributed by atoms with Crippen LogP contribution in [0.25, 0.3) is 0 Å². The number of anilines is 1. The van der Waals surface area contributed by atoms with Crippen LogP contribution in [0.2, 0.25) is 0 Å². The van der Waals surface area contributed by atoms with Crippen LogP contribution >= 0.6 is 0 Å². The van der Waals surface area contributed by atoms with Crippen molar-refractivity contribution in [1.29, 1.82) is 0 Å². The number of carbonyl (C=O) groups is 7. The van der Waals surface area contributed by atoms with Crippen molar-refractivity contribution in [3.63, 3.8) is 0 Å². The number of piperidine rings is 1. The van der Waals surface area contributed by atoms with Gasteiger partial charge in [0.05, 0.1) is 6.10 Å². The van der Waals surface area contributed by atoms with E-state index in [9.17, 15) is 38.7 Å². The summed E-state index contributed by atoms with van der Waals surface area (Å²) >= 11 is 0. The van der Waals surface area contributed by atoms with Gasteiger partial charge >= 0.3 is 12.0 Å². The Morgan fingerprint density at radius 3 is 2.29 bits per heavy atom. The lowest BCUT2D eigenvalue weighted by atomic mass is 9.98. The number of cyclic esters (lactones) is 1. The number of hydrogen-bond acceptors (Lipinski definition) is 9. The van der Waals surface area contributed by atoms with Gasteiger partial charge < -0.3 is 45.8 Å². The highest BCUT2D eigenvalue weighted by molar-refractivity contribution is 5.99. The summed E-state index contributed by atoms with van der Waals surface area (Å²) in [6.45, 7) is 8.86. The predicted molar refractivity (Wildman–Crippen MR) is 212 cm³/mol. The van der Waals surface area contributed by atoms with Gasteiger partial charge in [-0.05, 0) is 77.0 Å². The third-order valence-electron chi connectivity index (χ3n) is 11.5. The summed E-state index contributed by atoms with van der Waals surface area (Å²) in [7, 11) is 0. The van der Waals surface area contributed by atoms with Gasteiger partial charge in [-0.15, -0.1) is 0 Å². The maximum Gasteiger partial charge on any atom is 0.329 e. The first-order valence-electron chi connectivity index (χ1n) is 20.2. The first kappa shape index (κ1) is 42.1. The summed E-state index contributed by atoms with van der Waals surface area (Å²) in [5.41, 5.74) is 3.13. The van der Waals surface area contributed by atoms with Crippen molar-refractivity contribution in [2.75, 3.05) is 25.0 Å². The number of aryl methyl sites for hydroxylation is 2. The fraction of sp³-hybridized carbons (Fsp3) is 0.548. The summed E-state index contributed by atoms with van der Waals surface area (Å²) in [5.74, 6) is -4.03. The normalized spacial score (nSPS) is 28.8. The third-order valence-corrected chi connectivity index (χ3v) is 11.5. The number of urea groups is 1. The molecule has 4 aliphatic heterocycles. The first-order chi connectivity index (χ1) is 27.6. The van der Waals surface area contributed by atoms with E-state index in [1.807, 2.05) is 51.1 Å². The second-order valence-corrected chi connectivity index (χ2v) is 16.4. The van der Waals surface area contributed by atoms with Crippen molar-refractivity contribution < 1.29 is 43.4 Å². The van der Waals surface area contributed by atoms with Gasteiger partial charge in [-0.3, -0.25) is 24.0 Å². The van der Waals surface area contributed by atoms with Crippen LogP contribution in [0.15, 0.2) is 48.5 Å². The van der Waals surface area contributed by atoms with Crippen molar-refractivity contribution in [2.45, 2.75) is 122 Å². The van der Waals surface area contributed by atoms with Gasteiger partial charge in [0, 0.05) is 38.2 Å². The molecule has 4 saturated heterocycles. The molecule has 0 bridgehead atoms. The molecule has 5 N–H and O–H groups in total. The zero-order valence-corrected chi connectivity index (χ0v) is 33.7. The van der Waals surface area contributed by atoms with E-state index in [1.165, 1.54) is 28.5 Å². The Morgan fingerprint density at radius 1 is 0.845 bits per heavy atom. The van der Waals surface area contributed by atoms with E-state index in [-0.39, 0.29) is 44.8 Å². The van der Waals surface area contributed by atoms with Gasteiger partial charge in [-0.2, -0.15) is 0 Å². The molecule has 312 valence electrons. The summed E-state index contributed by atoms with van der Waals surface area (Å²) in [6, 6.07) is 6.82. The van der Waals surface area contributed by atoms with E-state index in [1.54, 1.807) is 18.2 Å². The van der Waals surface area contributed by atoms with Crippen LogP contribution in [-0.2, 0) is 39.9 Å². The molecule has 16 nitrogen and oxygen atoms in total. The number of aliphatic hydroxyl groups excluding tert-OH is 1. The standard InChI is InChI=1S/C42H55N7O9/c1-23-12-14-29(15-13-23)44-42(57)45-31(19-28-10-8-9-24(2)17-28)36(51)46-35-27(5)58-41(56)34-18-25(3)21-48(34)38(53)26(4)43-37(52)32-11-6-7-16-47(32)39(54)33-20-30(50)22-49(33)40(35)55/h8-10,12-15,17,25-27,30-35,50H,6-7,11,16,18-22H2,1-5H3,(H,43,52)(H,46,51)(H2,44,45,57)/t25-,26+,27+,30-,31+,32+,33+,34+,35+/m1/s1. The molecule has 7 amide bonds. The van der Waals surface area contributed by atoms with Crippen LogP contribution in [0.5, 0.6) is 0 Å². The number of ether oxygens (including phenoxy) is 1. The lowest BCUT2D eigenvalue weighted by molar-refractivity contribution is -0.163. The van der Waals surface area contributed by atoms with Crippen molar-refractivity contribution >= 4 is 47.2 Å². The van der Waals surface area contributed by atoms with Crippen LogP contribution < -0.4 is 21.3 Å². The second-order valence-electron chi connectivity index (χ2n) is 16.4. The molecule has 0 aromatic heterocycles. The zero-order chi connectivity index (χ0) is 41.8. The maximum absolute atomic E-state index is 14.8. The first-order valence-corrected chi connectivity index (χ1v) is 20.2. The quantitative estimate of drug-likeness (QED) is 0.269. The van der Waals surface area contributed by atoms with E-state index >= 15 is 0 Å². The van der Waals surface area contributed by atoms with E-state index in [0.717, 1.165) is 16.7 Å². The number of nitrogens with zero attached hydrogens (tertiary/aromatic N) is 3. The van der Waals surface area contributed by atoms with Crippen LogP contribution in [0, 0.1) is 19.8 Å². The number of aliphatic hydroxyl groups is 1. The molecule has 6 rings (SSSR count). The molecule has 2 aromatic carbocycles. The SMILES string of the molecule is Cc1ccc(NC(=O)N[C@@H](Cc2cccc(C)c2)C(=O)N[C@@H]2C(=O)N3C[C@H](O)C[C@H]3C(=O)N3CCCC[C@H]3C(=O)N[C@@H](C)C(=O)N3C[C@H](C)C[C@H]3C(=O)O[C@H]2C)cc1. The third kappa shape index (κ3) is 9.60.